The largest absolute Gasteiger partial charge is 0.329 e. The summed E-state index contributed by atoms with van der Waals surface area (Å²) in [5.74, 6) is 0. The molecule has 1 aliphatic rings. The Labute approximate surface area is 155 Å². The maximum atomic E-state index is 8.95. The smallest absolute Gasteiger partial charge is 0.0991 e. The van der Waals surface area contributed by atoms with Crippen LogP contribution in [0.15, 0.2) is 72.7 Å². The quantitative estimate of drug-likeness (QED) is 0.587. The van der Waals surface area contributed by atoms with Crippen molar-refractivity contribution in [2.75, 3.05) is 6.54 Å². The van der Waals surface area contributed by atoms with Gasteiger partial charge in [0.25, 0.3) is 0 Å². The molecule has 4 heteroatoms. The van der Waals surface area contributed by atoms with Crippen LogP contribution in [0, 0.1) is 11.3 Å². The van der Waals surface area contributed by atoms with Gasteiger partial charge in [-0.2, -0.15) is 5.26 Å². The second kappa shape index (κ2) is 8.46. The predicted molar refractivity (Wildman–Crippen MR) is 104 cm³/mol. The summed E-state index contributed by atoms with van der Waals surface area (Å²) in [6.07, 6.45) is 10.3. The molecule has 0 spiro atoms. The molecule has 0 saturated heterocycles. The third-order valence-corrected chi connectivity index (χ3v) is 4.71. The summed E-state index contributed by atoms with van der Waals surface area (Å²) in [4.78, 5) is 6.81. The van der Waals surface area contributed by atoms with E-state index in [0.29, 0.717) is 5.57 Å². The molecule has 1 aromatic carbocycles. The molecule has 0 amide bonds. The van der Waals surface area contributed by atoms with Gasteiger partial charge in [-0.05, 0) is 30.5 Å². The monoisotopic (exact) mass is 344 g/mol. The third kappa shape index (κ3) is 4.38. The van der Waals surface area contributed by atoms with E-state index in [2.05, 4.69) is 58.3 Å². The van der Waals surface area contributed by atoms with Crippen molar-refractivity contribution in [3.05, 3.63) is 89.6 Å². The first-order chi connectivity index (χ1) is 12.7. The summed E-state index contributed by atoms with van der Waals surface area (Å²) in [6, 6.07) is 10.8. The first-order valence-corrected chi connectivity index (χ1v) is 8.87. The predicted octanol–water partition coefficient (Wildman–Crippen LogP) is 4.02. The molecule has 3 rings (SSSR count). The summed E-state index contributed by atoms with van der Waals surface area (Å²) in [5, 5.41) is 8.95. The first kappa shape index (κ1) is 17.9. The lowest BCUT2D eigenvalue weighted by atomic mass is 10.00. The SMILES string of the molecule is C=C/C(C#N)=C\C=C(/C)Cn1cncc1CN1CCc2ccccc2C1. The molecule has 4 nitrogen and oxygen atoms in total. The zero-order valence-corrected chi connectivity index (χ0v) is 15.2. The topological polar surface area (TPSA) is 44.9 Å². The first-order valence-electron chi connectivity index (χ1n) is 8.87. The molecule has 0 atom stereocenters. The highest BCUT2D eigenvalue weighted by molar-refractivity contribution is 5.35. The molecule has 26 heavy (non-hydrogen) atoms. The second-order valence-electron chi connectivity index (χ2n) is 6.69. The van der Waals surface area contributed by atoms with E-state index in [1.54, 1.807) is 12.2 Å². The lowest BCUT2D eigenvalue weighted by Crippen LogP contribution is -2.30. The maximum Gasteiger partial charge on any atom is 0.0991 e. The maximum absolute atomic E-state index is 8.95. The van der Waals surface area contributed by atoms with Crippen molar-refractivity contribution in [3.8, 4) is 6.07 Å². The Morgan fingerprint density at radius 1 is 1.31 bits per heavy atom. The number of nitriles is 1. The molecule has 132 valence electrons. The molecule has 2 heterocycles. The van der Waals surface area contributed by atoms with Crippen LogP contribution in [0.1, 0.15) is 23.7 Å². The van der Waals surface area contributed by atoms with Crippen LogP contribution in [-0.4, -0.2) is 21.0 Å². The van der Waals surface area contributed by atoms with Gasteiger partial charge in [0.1, 0.15) is 0 Å². The van der Waals surface area contributed by atoms with Gasteiger partial charge in [0, 0.05) is 32.4 Å². The fourth-order valence-corrected chi connectivity index (χ4v) is 3.24. The summed E-state index contributed by atoms with van der Waals surface area (Å²) in [6.45, 7) is 9.44. The van der Waals surface area contributed by atoms with Crippen molar-refractivity contribution >= 4 is 0 Å². The van der Waals surface area contributed by atoms with Crippen LogP contribution in [0.25, 0.3) is 0 Å². The Morgan fingerprint density at radius 2 is 2.12 bits per heavy atom. The number of hydrogen-bond donors (Lipinski definition) is 0. The summed E-state index contributed by atoms with van der Waals surface area (Å²) < 4.78 is 2.18. The number of rotatable bonds is 6. The van der Waals surface area contributed by atoms with E-state index < -0.39 is 0 Å². The third-order valence-electron chi connectivity index (χ3n) is 4.71. The molecule has 0 fully saturated rings. The average Bonchev–Trinajstić information content (AvgIpc) is 3.09. The summed E-state index contributed by atoms with van der Waals surface area (Å²) in [7, 11) is 0. The molecule has 0 aliphatic carbocycles. The highest BCUT2D eigenvalue weighted by Gasteiger charge is 2.17. The van der Waals surface area contributed by atoms with Crippen molar-refractivity contribution in [1.82, 2.24) is 14.5 Å². The molecule has 1 aromatic heterocycles. The van der Waals surface area contributed by atoms with Crippen LogP contribution in [0.5, 0.6) is 0 Å². The van der Waals surface area contributed by atoms with Crippen LogP contribution >= 0.6 is 0 Å². The van der Waals surface area contributed by atoms with E-state index in [4.69, 9.17) is 5.26 Å². The molecular weight excluding hydrogens is 320 g/mol. The van der Waals surface area contributed by atoms with E-state index in [1.807, 2.05) is 18.6 Å². The second-order valence-corrected chi connectivity index (χ2v) is 6.69. The van der Waals surface area contributed by atoms with Gasteiger partial charge in [-0.1, -0.05) is 48.6 Å². The van der Waals surface area contributed by atoms with Gasteiger partial charge in [0.05, 0.1) is 23.7 Å². The average molecular weight is 344 g/mol. The van der Waals surface area contributed by atoms with Crippen LogP contribution in [0.2, 0.25) is 0 Å². The fraction of sp³-hybridized carbons (Fsp3) is 0.273. The number of allylic oxidation sites excluding steroid dienone is 5. The Morgan fingerprint density at radius 3 is 2.88 bits per heavy atom. The molecule has 2 aromatic rings. The van der Waals surface area contributed by atoms with Crippen molar-refractivity contribution in [2.24, 2.45) is 0 Å². The molecule has 1 aliphatic heterocycles. The number of hydrogen-bond acceptors (Lipinski definition) is 3. The number of imidazole rings is 1. The molecule has 0 radical (unpaired) electrons. The normalized spacial score (nSPS) is 15.4. The van der Waals surface area contributed by atoms with Gasteiger partial charge in [-0.25, -0.2) is 4.98 Å². The number of aromatic nitrogens is 2. The lowest BCUT2D eigenvalue weighted by molar-refractivity contribution is 0.239. The standard InChI is InChI=1S/C22H24N4/c1-3-19(12-23)9-8-18(2)14-26-17-24-13-22(26)16-25-11-10-20-6-4-5-7-21(20)15-25/h3-9,13,17H,1,10-11,14-16H2,2H3/b18-8+,19-9+. The molecular formula is C22H24N4. The van der Waals surface area contributed by atoms with Crippen LogP contribution in [0.3, 0.4) is 0 Å². The number of nitrogens with zero attached hydrogens (tertiary/aromatic N) is 4. The van der Waals surface area contributed by atoms with Crippen molar-refractivity contribution in [2.45, 2.75) is 33.0 Å². The fourth-order valence-electron chi connectivity index (χ4n) is 3.24. The minimum atomic E-state index is 0.571. The van der Waals surface area contributed by atoms with Crippen LogP contribution in [0.4, 0.5) is 0 Å². The van der Waals surface area contributed by atoms with E-state index in [-0.39, 0.29) is 0 Å². The molecule has 0 saturated carbocycles. The Balaban J connectivity index is 1.66. The molecule has 0 N–H and O–H groups in total. The Hall–Kier alpha value is -2.90. The highest BCUT2D eigenvalue weighted by Crippen LogP contribution is 2.20. The van der Waals surface area contributed by atoms with Crippen molar-refractivity contribution in [1.29, 1.82) is 5.26 Å². The van der Waals surface area contributed by atoms with Gasteiger partial charge in [-0.15, -0.1) is 0 Å². The summed E-state index contributed by atoms with van der Waals surface area (Å²) in [5.41, 5.74) is 5.85. The van der Waals surface area contributed by atoms with Crippen molar-refractivity contribution in [3.63, 3.8) is 0 Å². The summed E-state index contributed by atoms with van der Waals surface area (Å²) >= 11 is 0. The zero-order chi connectivity index (χ0) is 18.4. The van der Waals surface area contributed by atoms with E-state index in [0.717, 1.165) is 32.6 Å². The zero-order valence-electron chi connectivity index (χ0n) is 15.2. The lowest BCUT2D eigenvalue weighted by Gasteiger charge is -2.28. The van der Waals surface area contributed by atoms with Gasteiger partial charge < -0.3 is 4.57 Å². The molecule has 0 unspecified atom stereocenters. The minimum Gasteiger partial charge on any atom is -0.329 e. The van der Waals surface area contributed by atoms with E-state index in [9.17, 15) is 0 Å². The highest BCUT2D eigenvalue weighted by atomic mass is 15.2. The van der Waals surface area contributed by atoms with Crippen molar-refractivity contribution < 1.29 is 0 Å². The van der Waals surface area contributed by atoms with E-state index >= 15 is 0 Å². The number of benzene rings is 1. The van der Waals surface area contributed by atoms with Gasteiger partial charge in [0.15, 0.2) is 0 Å². The van der Waals surface area contributed by atoms with Crippen LogP contribution in [-0.2, 0) is 26.1 Å². The number of fused-ring (bicyclic) bond motifs is 1. The molecule has 0 bridgehead atoms. The van der Waals surface area contributed by atoms with Gasteiger partial charge in [0.2, 0.25) is 0 Å². The van der Waals surface area contributed by atoms with Gasteiger partial charge in [-0.3, -0.25) is 4.90 Å². The Kier molecular flexibility index (Phi) is 5.83. The Bertz CT molecular complexity index is 880. The van der Waals surface area contributed by atoms with Gasteiger partial charge >= 0.3 is 0 Å². The van der Waals surface area contributed by atoms with E-state index in [1.165, 1.54) is 22.4 Å². The minimum absolute atomic E-state index is 0.571. The van der Waals surface area contributed by atoms with Crippen LogP contribution < -0.4 is 0 Å².